The van der Waals surface area contributed by atoms with Crippen molar-refractivity contribution < 1.29 is 14.3 Å². The van der Waals surface area contributed by atoms with Crippen molar-refractivity contribution in [2.24, 2.45) is 0 Å². The first-order valence-corrected chi connectivity index (χ1v) is 8.63. The van der Waals surface area contributed by atoms with Crippen molar-refractivity contribution in [2.75, 3.05) is 13.2 Å². The van der Waals surface area contributed by atoms with Crippen LogP contribution in [0.25, 0.3) is 0 Å². The van der Waals surface area contributed by atoms with Crippen molar-refractivity contribution in [1.29, 1.82) is 0 Å². The van der Waals surface area contributed by atoms with Gasteiger partial charge in [-0.25, -0.2) is 4.79 Å². The zero-order valence-corrected chi connectivity index (χ0v) is 14.7. The molecule has 2 aliphatic heterocycles. The van der Waals surface area contributed by atoms with Gasteiger partial charge in [0.2, 0.25) is 0 Å². The van der Waals surface area contributed by atoms with Gasteiger partial charge in [0, 0.05) is 31.3 Å². The van der Waals surface area contributed by atoms with Crippen LogP contribution >= 0.6 is 0 Å². The SMILES string of the molecule is CC(CC1CCCN1C(=O)OC(C)(C)C)NC1CCOC1C. The molecule has 0 aromatic rings. The fourth-order valence-corrected chi connectivity index (χ4v) is 3.43. The highest BCUT2D eigenvalue weighted by Gasteiger charge is 2.34. The molecule has 0 saturated carbocycles. The van der Waals surface area contributed by atoms with Gasteiger partial charge in [-0.1, -0.05) is 0 Å². The summed E-state index contributed by atoms with van der Waals surface area (Å²) in [7, 11) is 0. The Morgan fingerprint density at radius 2 is 2.14 bits per heavy atom. The third-order valence-electron chi connectivity index (χ3n) is 4.51. The van der Waals surface area contributed by atoms with Gasteiger partial charge < -0.3 is 19.7 Å². The van der Waals surface area contributed by atoms with Gasteiger partial charge >= 0.3 is 6.09 Å². The summed E-state index contributed by atoms with van der Waals surface area (Å²) in [6.45, 7) is 11.7. The van der Waals surface area contributed by atoms with E-state index in [1.54, 1.807) is 0 Å². The summed E-state index contributed by atoms with van der Waals surface area (Å²) in [5.74, 6) is 0. The average molecular weight is 312 g/mol. The van der Waals surface area contributed by atoms with Crippen LogP contribution in [-0.4, -0.2) is 54.0 Å². The third kappa shape index (κ3) is 4.85. The maximum absolute atomic E-state index is 12.3. The Balaban J connectivity index is 1.83. The van der Waals surface area contributed by atoms with Crippen LogP contribution < -0.4 is 5.32 Å². The van der Waals surface area contributed by atoms with Crippen LogP contribution in [-0.2, 0) is 9.47 Å². The predicted molar refractivity (Wildman–Crippen MR) is 87.0 cm³/mol. The largest absolute Gasteiger partial charge is 0.444 e. The van der Waals surface area contributed by atoms with Crippen molar-refractivity contribution in [2.45, 2.75) is 90.1 Å². The van der Waals surface area contributed by atoms with E-state index in [9.17, 15) is 4.79 Å². The van der Waals surface area contributed by atoms with E-state index in [0.29, 0.717) is 12.1 Å². The van der Waals surface area contributed by atoms with Gasteiger partial charge in [0.1, 0.15) is 5.60 Å². The van der Waals surface area contributed by atoms with Crippen LogP contribution in [0.2, 0.25) is 0 Å². The molecule has 0 aromatic heterocycles. The van der Waals surface area contributed by atoms with Gasteiger partial charge in [-0.05, 0) is 60.3 Å². The van der Waals surface area contributed by atoms with E-state index < -0.39 is 5.60 Å². The number of likely N-dealkylation sites (tertiary alicyclic amines) is 1. The van der Waals surface area contributed by atoms with Crippen LogP contribution in [0.15, 0.2) is 0 Å². The predicted octanol–water partition coefficient (Wildman–Crippen LogP) is 2.93. The second-order valence-corrected chi connectivity index (χ2v) is 7.74. The second-order valence-electron chi connectivity index (χ2n) is 7.74. The first kappa shape index (κ1) is 17.5. The number of amides is 1. The maximum atomic E-state index is 12.3. The highest BCUT2D eigenvalue weighted by molar-refractivity contribution is 5.68. The van der Waals surface area contributed by atoms with Gasteiger partial charge in [0.15, 0.2) is 0 Å². The fourth-order valence-electron chi connectivity index (χ4n) is 3.43. The molecule has 0 spiro atoms. The highest BCUT2D eigenvalue weighted by atomic mass is 16.6. The van der Waals surface area contributed by atoms with Crippen LogP contribution in [0.4, 0.5) is 4.79 Å². The van der Waals surface area contributed by atoms with E-state index in [0.717, 1.165) is 38.8 Å². The van der Waals surface area contributed by atoms with Crippen LogP contribution in [0.3, 0.4) is 0 Å². The van der Waals surface area contributed by atoms with Crippen LogP contribution in [0, 0.1) is 0 Å². The monoisotopic (exact) mass is 312 g/mol. The smallest absolute Gasteiger partial charge is 0.410 e. The molecule has 0 aliphatic carbocycles. The maximum Gasteiger partial charge on any atom is 0.410 e. The highest BCUT2D eigenvalue weighted by Crippen LogP contribution is 2.24. The molecule has 128 valence electrons. The van der Waals surface area contributed by atoms with Crippen LogP contribution in [0.5, 0.6) is 0 Å². The molecule has 5 heteroatoms. The number of nitrogens with zero attached hydrogens (tertiary/aromatic N) is 1. The van der Waals surface area contributed by atoms with Crippen molar-refractivity contribution in [3.63, 3.8) is 0 Å². The lowest BCUT2D eigenvalue weighted by Crippen LogP contribution is -2.45. The molecule has 0 radical (unpaired) electrons. The van der Waals surface area contributed by atoms with Gasteiger partial charge in [0.25, 0.3) is 0 Å². The Hall–Kier alpha value is -0.810. The van der Waals surface area contributed by atoms with E-state index in [1.165, 1.54) is 0 Å². The van der Waals surface area contributed by atoms with Crippen molar-refractivity contribution in [1.82, 2.24) is 10.2 Å². The molecule has 2 fully saturated rings. The quantitative estimate of drug-likeness (QED) is 0.867. The number of carbonyl (C=O) groups excluding carboxylic acids is 1. The topological polar surface area (TPSA) is 50.8 Å². The van der Waals surface area contributed by atoms with Gasteiger partial charge in [0.05, 0.1) is 6.10 Å². The average Bonchev–Trinajstić information content (AvgIpc) is 2.97. The summed E-state index contributed by atoms with van der Waals surface area (Å²) in [4.78, 5) is 14.2. The fraction of sp³-hybridized carbons (Fsp3) is 0.941. The zero-order valence-electron chi connectivity index (χ0n) is 14.7. The number of carbonyl (C=O) groups is 1. The van der Waals surface area contributed by atoms with Gasteiger partial charge in [-0.2, -0.15) is 0 Å². The lowest BCUT2D eigenvalue weighted by atomic mass is 10.0. The summed E-state index contributed by atoms with van der Waals surface area (Å²) >= 11 is 0. The Labute approximate surface area is 134 Å². The third-order valence-corrected chi connectivity index (χ3v) is 4.51. The molecular weight excluding hydrogens is 280 g/mol. The molecule has 2 aliphatic rings. The molecule has 4 atom stereocenters. The van der Waals surface area contributed by atoms with E-state index in [2.05, 4.69) is 19.2 Å². The van der Waals surface area contributed by atoms with Crippen molar-refractivity contribution >= 4 is 6.09 Å². The number of ether oxygens (including phenoxy) is 2. The minimum Gasteiger partial charge on any atom is -0.444 e. The van der Waals surface area contributed by atoms with E-state index in [1.807, 2.05) is 25.7 Å². The molecular formula is C17H32N2O3. The summed E-state index contributed by atoms with van der Waals surface area (Å²) < 4.78 is 11.1. The molecule has 2 saturated heterocycles. The molecule has 1 N–H and O–H groups in total. The molecule has 22 heavy (non-hydrogen) atoms. The first-order chi connectivity index (χ1) is 10.3. The standard InChI is InChI=1S/C17H32N2O3/c1-12(18-15-8-10-21-13(15)2)11-14-7-6-9-19(14)16(20)22-17(3,4)5/h12-15,18H,6-11H2,1-5H3. The normalized spacial score (nSPS) is 30.6. The molecule has 0 bridgehead atoms. The Morgan fingerprint density at radius 1 is 1.41 bits per heavy atom. The lowest BCUT2D eigenvalue weighted by Gasteiger charge is -2.31. The second kappa shape index (κ2) is 7.18. The minimum absolute atomic E-state index is 0.167. The number of hydrogen-bond donors (Lipinski definition) is 1. The number of hydrogen-bond acceptors (Lipinski definition) is 4. The Morgan fingerprint density at radius 3 is 2.73 bits per heavy atom. The summed E-state index contributed by atoms with van der Waals surface area (Å²) in [6, 6.07) is 1.10. The zero-order chi connectivity index (χ0) is 16.3. The Kier molecular flexibility index (Phi) is 5.72. The van der Waals surface area contributed by atoms with Crippen LogP contribution in [0.1, 0.15) is 60.3 Å². The number of nitrogens with one attached hydrogen (secondary N) is 1. The summed E-state index contributed by atoms with van der Waals surface area (Å²) in [5, 5.41) is 3.66. The molecule has 4 unspecified atom stereocenters. The lowest BCUT2D eigenvalue weighted by molar-refractivity contribution is 0.0212. The van der Waals surface area contributed by atoms with E-state index in [4.69, 9.17) is 9.47 Å². The number of rotatable bonds is 4. The Bertz CT molecular complexity index is 381. The van der Waals surface area contributed by atoms with Crippen molar-refractivity contribution in [3.8, 4) is 0 Å². The van der Waals surface area contributed by atoms with Gasteiger partial charge in [-0.15, -0.1) is 0 Å². The molecule has 2 rings (SSSR count). The molecule has 1 amide bonds. The van der Waals surface area contributed by atoms with Crippen molar-refractivity contribution in [3.05, 3.63) is 0 Å². The summed E-state index contributed by atoms with van der Waals surface area (Å²) in [5.41, 5.74) is -0.426. The molecule has 0 aromatic carbocycles. The molecule has 2 heterocycles. The molecule has 5 nitrogen and oxygen atoms in total. The first-order valence-electron chi connectivity index (χ1n) is 8.63. The minimum atomic E-state index is -0.426. The van der Waals surface area contributed by atoms with E-state index in [-0.39, 0.29) is 18.2 Å². The summed E-state index contributed by atoms with van der Waals surface area (Å²) in [6.07, 6.45) is 4.31. The van der Waals surface area contributed by atoms with Gasteiger partial charge in [-0.3, -0.25) is 0 Å². The van der Waals surface area contributed by atoms with E-state index >= 15 is 0 Å².